The molecule has 1 N–H and O–H groups in total. The number of aliphatic hydroxyl groups excluding tert-OH is 1. The zero-order valence-corrected chi connectivity index (χ0v) is 13.5. The Labute approximate surface area is 129 Å². The molecule has 4 heteroatoms. The average molecular weight is 298 g/mol. The minimum Gasteiger partial charge on any atom is -0.421 e. The Kier molecular flexibility index (Phi) is 11.1. The average Bonchev–Trinajstić information content (AvgIpc) is 2.52. The van der Waals surface area contributed by atoms with Crippen molar-refractivity contribution in [3.05, 3.63) is 12.2 Å². The van der Waals surface area contributed by atoms with Gasteiger partial charge in [0.15, 0.2) is 13.1 Å². The number of aliphatic hydroxyl groups is 1. The van der Waals surface area contributed by atoms with E-state index < -0.39 is 6.29 Å². The summed E-state index contributed by atoms with van der Waals surface area (Å²) >= 11 is 0. The molecule has 4 nitrogen and oxygen atoms in total. The van der Waals surface area contributed by atoms with Crippen molar-refractivity contribution in [1.29, 1.82) is 0 Å². The van der Waals surface area contributed by atoms with Gasteiger partial charge in [0.1, 0.15) is 13.2 Å². The van der Waals surface area contributed by atoms with Gasteiger partial charge in [-0.25, -0.2) is 4.58 Å². The molecule has 0 saturated carbocycles. The second kappa shape index (κ2) is 12.8. The molecule has 1 saturated heterocycles. The van der Waals surface area contributed by atoms with Gasteiger partial charge in [0.2, 0.25) is 6.29 Å². The molecule has 1 aliphatic rings. The lowest BCUT2D eigenvalue weighted by atomic mass is 10.1. The summed E-state index contributed by atoms with van der Waals surface area (Å²) in [5, 5.41) is 9.76. The first-order valence-corrected chi connectivity index (χ1v) is 8.46. The number of hydrogen-bond donors (Lipinski definition) is 1. The summed E-state index contributed by atoms with van der Waals surface area (Å²) in [4.78, 5) is 0. The van der Waals surface area contributed by atoms with E-state index >= 15 is 0 Å². The fraction of sp³-hybridized carbons (Fsp3) is 0.824. The molecular weight excluding hydrogens is 266 g/mol. The van der Waals surface area contributed by atoms with Crippen molar-refractivity contribution >= 4 is 6.40 Å². The van der Waals surface area contributed by atoms with E-state index in [1.807, 2.05) is 0 Å². The lowest BCUT2D eigenvalue weighted by Gasteiger charge is -2.12. The van der Waals surface area contributed by atoms with E-state index in [4.69, 9.17) is 9.47 Å². The van der Waals surface area contributed by atoms with Gasteiger partial charge in [0, 0.05) is 6.42 Å². The van der Waals surface area contributed by atoms with E-state index in [0.29, 0.717) is 0 Å². The van der Waals surface area contributed by atoms with Crippen LogP contribution in [0.2, 0.25) is 0 Å². The van der Waals surface area contributed by atoms with E-state index in [2.05, 4.69) is 23.7 Å². The van der Waals surface area contributed by atoms with Crippen LogP contribution < -0.4 is 0 Å². The Balaban J connectivity index is 1.91. The summed E-state index contributed by atoms with van der Waals surface area (Å²) in [6, 6.07) is 0. The van der Waals surface area contributed by atoms with Crippen LogP contribution in [0.15, 0.2) is 12.2 Å². The predicted molar refractivity (Wildman–Crippen MR) is 85.7 cm³/mol. The summed E-state index contributed by atoms with van der Waals surface area (Å²) in [5.41, 5.74) is 0. The molecule has 0 bridgehead atoms. The Bertz CT molecular complexity index is 294. The summed E-state index contributed by atoms with van der Waals surface area (Å²) in [5.74, 6) is 0. The number of allylic oxidation sites excluding steroid dienone is 2. The van der Waals surface area contributed by atoms with Crippen molar-refractivity contribution in [3.63, 3.8) is 0 Å². The molecule has 1 rings (SSSR count). The smallest absolute Gasteiger partial charge is 0.326 e. The van der Waals surface area contributed by atoms with Crippen LogP contribution in [0.5, 0.6) is 0 Å². The minimum absolute atomic E-state index is 0.666. The fourth-order valence-electron chi connectivity index (χ4n) is 2.30. The van der Waals surface area contributed by atoms with Crippen molar-refractivity contribution in [2.75, 3.05) is 26.3 Å². The van der Waals surface area contributed by atoms with Crippen LogP contribution in [-0.2, 0) is 9.47 Å². The maximum absolute atomic E-state index is 9.76. The first-order valence-electron chi connectivity index (χ1n) is 8.46. The largest absolute Gasteiger partial charge is 0.421 e. The molecule has 0 spiro atoms. The predicted octanol–water partition coefficient (Wildman–Crippen LogP) is 3.09. The third-order valence-corrected chi connectivity index (χ3v) is 3.64. The Morgan fingerprint density at radius 1 is 1.10 bits per heavy atom. The topological polar surface area (TPSA) is 41.7 Å². The molecule has 1 aliphatic heterocycles. The fourth-order valence-corrected chi connectivity index (χ4v) is 2.30. The Morgan fingerprint density at radius 2 is 1.81 bits per heavy atom. The maximum atomic E-state index is 9.76. The summed E-state index contributed by atoms with van der Waals surface area (Å²) in [7, 11) is 0. The van der Waals surface area contributed by atoms with Crippen LogP contribution in [-0.4, -0.2) is 48.7 Å². The lowest BCUT2D eigenvalue weighted by molar-refractivity contribution is -0.553. The van der Waals surface area contributed by atoms with Gasteiger partial charge in [0.25, 0.3) is 0 Å². The molecule has 0 amide bonds. The third kappa shape index (κ3) is 10.5. The molecule has 1 fully saturated rings. The van der Waals surface area contributed by atoms with Crippen LogP contribution >= 0.6 is 0 Å². The molecule has 0 aromatic heterocycles. The monoisotopic (exact) mass is 298 g/mol. The molecule has 0 aromatic carbocycles. The standard InChI is InChI=1S/C17H32NO3/c1-2-3-4-5-6-7-8-9-10-11-17(19)21-16-18-12-14-20-15-13-18/h3-4,16-17,19H,2,5-15H2,1H3/q+1/b4-3+. The number of rotatable bonds is 11. The van der Waals surface area contributed by atoms with Gasteiger partial charge in [-0.05, 0) is 25.7 Å². The van der Waals surface area contributed by atoms with Crippen molar-refractivity contribution in [1.82, 2.24) is 0 Å². The van der Waals surface area contributed by atoms with Gasteiger partial charge in [-0.1, -0.05) is 38.3 Å². The van der Waals surface area contributed by atoms with Gasteiger partial charge in [-0.2, -0.15) is 0 Å². The van der Waals surface area contributed by atoms with Crippen molar-refractivity contribution in [3.8, 4) is 0 Å². The highest BCUT2D eigenvalue weighted by Gasteiger charge is 2.12. The zero-order chi connectivity index (χ0) is 15.2. The Hall–Kier alpha value is -0.870. The first kappa shape index (κ1) is 18.2. The number of nitrogens with zero attached hydrogens (tertiary/aromatic N) is 1. The highest BCUT2D eigenvalue weighted by Crippen LogP contribution is 2.09. The summed E-state index contributed by atoms with van der Waals surface area (Å²) in [6.45, 7) is 5.34. The molecular formula is C17H32NO3+. The minimum atomic E-state index is -0.666. The van der Waals surface area contributed by atoms with Gasteiger partial charge in [-0.15, -0.1) is 0 Å². The molecule has 0 radical (unpaired) electrons. The van der Waals surface area contributed by atoms with Crippen molar-refractivity contribution in [2.24, 2.45) is 0 Å². The molecule has 0 aliphatic carbocycles. The van der Waals surface area contributed by atoms with Crippen molar-refractivity contribution < 1.29 is 19.2 Å². The zero-order valence-electron chi connectivity index (χ0n) is 13.5. The van der Waals surface area contributed by atoms with Crippen molar-refractivity contribution in [2.45, 2.75) is 64.6 Å². The summed E-state index contributed by atoms with van der Waals surface area (Å²) < 4.78 is 12.7. The molecule has 0 aromatic rings. The van der Waals surface area contributed by atoms with Crippen LogP contribution in [0.3, 0.4) is 0 Å². The van der Waals surface area contributed by atoms with Crippen LogP contribution in [0.4, 0.5) is 0 Å². The second-order valence-corrected chi connectivity index (χ2v) is 5.57. The number of morpholine rings is 1. The SMILES string of the molecule is CC/C=C/CCCCCCCC(O)OC=[N+]1CCOCC1. The highest BCUT2D eigenvalue weighted by atomic mass is 16.6. The number of unbranched alkanes of at least 4 members (excludes halogenated alkanes) is 5. The van der Waals surface area contributed by atoms with Gasteiger partial charge < -0.3 is 14.6 Å². The molecule has 21 heavy (non-hydrogen) atoms. The highest BCUT2D eigenvalue weighted by molar-refractivity contribution is 5.39. The number of hydrogen-bond acceptors (Lipinski definition) is 3. The molecule has 1 atom stereocenters. The van der Waals surface area contributed by atoms with Gasteiger partial charge in [0.05, 0.1) is 0 Å². The second-order valence-electron chi connectivity index (χ2n) is 5.57. The molecule has 122 valence electrons. The lowest BCUT2D eigenvalue weighted by Crippen LogP contribution is -2.30. The van der Waals surface area contributed by atoms with E-state index in [-0.39, 0.29) is 0 Å². The number of ether oxygens (including phenoxy) is 2. The van der Waals surface area contributed by atoms with Gasteiger partial charge >= 0.3 is 6.40 Å². The molecule has 1 unspecified atom stereocenters. The van der Waals surface area contributed by atoms with Gasteiger partial charge in [-0.3, -0.25) is 0 Å². The quantitative estimate of drug-likeness (QED) is 0.209. The normalized spacial score (nSPS) is 17.1. The van der Waals surface area contributed by atoms with Crippen LogP contribution in [0.1, 0.15) is 58.3 Å². The van der Waals surface area contributed by atoms with E-state index in [0.717, 1.165) is 45.6 Å². The van der Waals surface area contributed by atoms with Crippen LogP contribution in [0.25, 0.3) is 0 Å². The van der Waals surface area contributed by atoms with E-state index in [9.17, 15) is 5.11 Å². The molecule has 1 heterocycles. The van der Waals surface area contributed by atoms with E-state index in [1.165, 1.54) is 32.1 Å². The summed E-state index contributed by atoms with van der Waals surface area (Å²) in [6.07, 6.45) is 14.6. The third-order valence-electron chi connectivity index (χ3n) is 3.64. The first-order chi connectivity index (χ1) is 10.3. The maximum Gasteiger partial charge on any atom is 0.326 e. The Morgan fingerprint density at radius 3 is 2.57 bits per heavy atom. The van der Waals surface area contributed by atoms with Crippen LogP contribution in [0, 0.1) is 0 Å². The van der Waals surface area contributed by atoms with E-state index in [1.54, 1.807) is 6.40 Å².